The number of rotatable bonds is 7. The summed E-state index contributed by atoms with van der Waals surface area (Å²) in [6.07, 6.45) is 6.63. The van der Waals surface area contributed by atoms with E-state index in [9.17, 15) is 13.6 Å². The van der Waals surface area contributed by atoms with Gasteiger partial charge in [0.25, 0.3) is 5.76 Å². The zero-order valence-electron chi connectivity index (χ0n) is 15.1. The monoisotopic (exact) mass is 390 g/mol. The van der Waals surface area contributed by atoms with E-state index in [0.717, 1.165) is 11.3 Å². The van der Waals surface area contributed by atoms with Crippen molar-refractivity contribution in [2.75, 3.05) is 10.6 Å². The van der Waals surface area contributed by atoms with E-state index in [1.54, 1.807) is 24.3 Å². The topological polar surface area (TPSA) is 41.1 Å². The molecular weight excluding hydrogens is 366 g/mol. The van der Waals surface area contributed by atoms with E-state index in [2.05, 4.69) is 10.6 Å². The molecule has 0 bridgehead atoms. The summed E-state index contributed by atoms with van der Waals surface area (Å²) >= 11 is 0.490. The molecule has 0 spiro atoms. The van der Waals surface area contributed by atoms with Gasteiger partial charge in [-0.15, -0.1) is 0 Å². The summed E-state index contributed by atoms with van der Waals surface area (Å²) in [6.45, 7) is 0. The Morgan fingerprint density at radius 2 is 1.59 bits per heavy atom. The number of nitrogens with one attached hydrogen (secondary N) is 2. The van der Waals surface area contributed by atoms with Gasteiger partial charge in [-0.2, -0.15) is 8.78 Å². The second kappa shape index (κ2) is 9.74. The summed E-state index contributed by atoms with van der Waals surface area (Å²) in [5, 5.41) is 6.36. The van der Waals surface area contributed by atoms with Crippen molar-refractivity contribution in [1.82, 2.24) is 0 Å². The molecule has 144 valence electrons. The van der Waals surface area contributed by atoms with Crippen molar-refractivity contribution in [1.29, 1.82) is 0 Å². The van der Waals surface area contributed by atoms with Gasteiger partial charge in [0.05, 0.1) is 6.42 Å². The van der Waals surface area contributed by atoms with Crippen LogP contribution in [0.4, 0.5) is 20.2 Å². The van der Waals surface area contributed by atoms with Crippen molar-refractivity contribution in [2.24, 2.45) is 0 Å². The van der Waals surface area contributed by atoms with Gasteiger partial charge >= 0.3 is 0 Å². The zero-order chi connectivity index (χ0) is 19.1. The summed E-state index contributed by atoms with van der Waals surface area (Å²) in [4.78, 5) is 12.7. The lowest BCUT2D eigenvalue weighted by molar-refractivity contribution is -0.115. The van der Waals surface area contributed by atoms with Crippen molar-refractivity contribution in [3.63, 3.8) is 0 Å². The average Bonchev–Trinajstić information content (AvgIpc) is 2.65. The van der Waals surface area contributed by atoms with Crippen LogP contribution in [0.2, 0.25) is 0 Å². The largest absolute Gasteiger partial charge is 0.382 e. The molecule has 1 saturated carbocycles. The van der Waals surface area contributed by atoms with Crippen LogP contribution in [0.1, 0.15) is 37.7 Å². The lowest BCUT2D eigenvalue weighted by Crippen LogP contribution is -2.22. The second-order valence-corrected chi connectivity index (χ2v) is 7.87. The average molecular weight is 390 g/mol. The van der Waals surface area contributed by atoms with Gasteiger partial charge in [-0.05, 0) is 54.8 Å². The smallest absolute Gasteiger partial charge is 0.288 e. The first-order valence-corrected chi connectivity index (χ1v) is 10.2. The number of alkyl halides is 2. The molecule has 2 aromatic carbocycles. The van der Waals surface area contributed by atoms with Crippen LogP contribution < -0.4 is 10.6 Å². The number of carbonyl (C=O) groups excluding carboxylic acids is 1. The van der Waals surface area contributed by atoms with E-state index in [1.165, 1.54) is 32.1 Å². The van der Waals surface area contributed by atoms with Crippen LogP contribution in [0.5, 0.6) is 0 Å². The molecule has 0 unspecified atom stereocenters. The predicted molar refractivity (Wildman–Crippen MR) is 108 cm³/mol. The molecule has 2 N–H and O–H groups in total. The third kappa shape index (κ3) is 6.54. The molecule has 1 aliphatic rings. The molecule has 6 heteroatoms. The number of anilines is 2. The summed E-state index contributed by atoms with van der Waals surface area (Å²) in [6, 6.07) is 15.0. The van der Waals surface area contributed by atoms with E-state index < -0.39 is 5.76 Å². The molecule has 1 amide bonds. The Balaban J connectivity index is 1.48. The number of benzene rings is 2. The van der Waals surface area contributed by atoms with E-state index in [1.807, 2.05) is 24.3 Å². The van der Waals surface area contributed by atoms with Crippen LogP contribution in [0.3, 0.4) is 0 Å². The maximum atomic E-state index is 12.3. The Kier molecular flexibility index (Phi) is 7.10. The van der Waals surface area contributed by atoms with Crippen LogP contribution >= 0.6 is 11.8 Å². The Morgan fingerprint density at radius 1 is 0.963 bits per heavy atom. The van der Waals surface area contributed by atoms with Gasteiger partial charge in [-0.1, -0.05) is 43.2 Å². The lowest BCUT2D eigenvalue weighted by atomic mass is 9.95. The molecule has 3 rings (SSSR count). The molecule has 0 aromatic heterocycles. The molecular formula is C21H24F2N2OS. The van der Waals surface area contributed by atoms with E-state index in [4.69, 9.17) is 0 Å². The molecule has 1 fully saturated rings. The van der Waals surface area contributed by atoms with Gasteiger partial charge in [-0.3, -0.25) is 4.79 Å². The molecule has 0 saturated heterocycles. The van der Waals surface area contributed by atoms with Gasteiger partial charge in [0.15, 0.2) is 0 Å². The Labute approximate surface area is 162 Å². The van der Waals surface area contributed by atoms with Crippen molar-refractivity contribution < 1.29 is 13.6 Å². The van der Waals surface area contributed by atoms with Crippen molar-refractivity contribution in [3.05, 3.63) is 54.1 Å². The fraction of sp³-hybridized carbons (Fsp3) is 0.381. The Bertz CT molecular complexity index is 729. The standard InChI is InChI=1S/C21H24F2N2OS/c22-21(23)27-19-12-10-18(11-13-19)25-20(26)14-15-6-8-17(9-7-15)24-16-4-2-1-3-5-16/h6-13,16,21,24H,1-5,14H2,(H,25,26). The third-order valence-corrected chi connectivity index (χ3v) is 5.38. The van der Waals surface area contributed by atoms with Gasteiger partial charge in [0.2, 0.25) is 5.91 Å². The SMILES string of the molecule is O=C(Cc1ccc(NC2CCCCC2)cc1)Nc1ccc(SC(F)F)cc1. The maximum Gasteiger partial charge on any atom is 0.288 e. The van der Waals surface area contributed by atoms with Gasteiger partial charge in [0, 0.05) is 22.3 Å². The van der Waals surface area contributed by atoms with Gasteiger partial charge in [-0.25, -0.2) is 0 Å². The van der Waals surface area contributed by atoms with Crippen LogP contribution in [-0.4, -0.2) is 17.7 Å². The fourth-order valence-corrected chi connectivity index (χ4v) is 3.81. The summed E-state index contributed by atoms with van der Waals surface area (Å²) in [7, 11) is 0. The first-order chi connectivity index (χ1) is 13.1. The highest BCUT2D eigenvalue weighted by molar-refractivity contribution is 7.99. The first-order valence-electron chi connectivity index (χ1n) is 9.29. The summed E-state index contributed by atoms with van der Waals surface area (Å²) in [5.41, 5.74) is 2.64. The van der Waals surface area contributed by atoms with Crippen LogP contribution in [0, 0.1) is 0 Å². The quantitative estimate of drug-likeness (QED) is 0.576. The lowest BCUT2D eigenvalue weighted by Gasteiger charge is -2.23. The number of amides is 1. The van der Waals surface area contributed by atoms with Crippen LogP contribution in [0.15, 0.2) is 53.4 Å². The highest BCUT2D eigenvalue weighted by Gasteiger charge is 2.13. The number of carbonyl (C=O) groups is 1. The molecule has 0 heterocycles. The fourth-order valence-electron chi connectivity index (χ4n) is 3.31. The van der Waals surface area contributed by atoms with E-state index >= 15 is 0 Å². The number of hydrogen-bond acceptors (Lipinski definition) is 3. The number of halogens is 2. The summed E-state index contributed by atoms with van der Waals surface area (Å²) < 4.78 is 24.6. The Morgan fingerprint density at radius 3 is 2.22 bits per heavy atom. The highest BCUT2D eigenvalue weighted by Crippen LogP contribution is 2.26. The van der Waals surface area contributed by atoms with Gasteiger partial charge in [0.1, 0.15) is 0 Å². The van der Waals surface area contributed by atoms with Crippen molar-refractivity contribution >= 4 is 29.0 Å². The first kappa shape index (κ1) is 19.7. The molecule has 0 radical (unpaired) electrons. The number of thioether (sulfide) groups is 1. The van der Waals surface area contributed by atoms with Crippen LogP contribution in [-0.2, 0) is 11.2 Å². The second-order valence-electron chi connectivity index (χ2n) is 6.80. The minimum atomic E-state index is -2.44. The molecule has 0 atom stereocenters. The highest BCUT2D eigenvalue weighted by atomic mass is 32.2. The minimum Gasteiger partial charge on any atom is -0.382 e. The Hall–Kier alpha value is -2.08. The molecule has 3 nitrogen and oxygen atoms in total. The summed E-state index contributed by atoms with van der Waals surface area (Å²) in [5.74, 6) is -2.57. The molecule has 27 heavy (non-hydrogen) atoms. The minimum absolute atomic E-state index is 0.128. The van der Waals surface area contributed by atoms with Crippen LogP contribution in [0.25, 0.3) is 0 Å². The van der Waals surface area contributed by atoms with E-state index in [-0.39, 0.29) is 12.3 Å². The molecule has 2 aromatic rings. The van der Waals surface area contributed by atoms with Crippen molar-refractivity contribution in [3.8, 4) is 0 Å². The number of hydrogen-bond donors (Lipinski definition) is 2. The molecule has 1 aliphatic carbocycles. The third-order valence-electron chi connectivity index (χ3n) is 4.66. The van der Waals surface area contributed by atoms with E-state index in [0.29, 0.717) is 28.4 Å². The predicted octanol–water partition coefficient (Wildman–Crippen LogP) is 5.93. The zero-order valence-corrected chi connectivity index (χ0v) is 15.9. The maximum absolute atomic E-state index is 12.3. The van der Waals surface area contributed by atoms with Crippen molar-refractivity contribution in [2.45, 2.75) is 55.2 Å². The molecule has 0 aliphatic heterocycles. The normalized spacial score (nSPS) is 14.9. The van der Waals surface area contributed by atoms with Gasteiger partial charge < -0.3 is 10.6 Å².